The summed E-state index contributed by atoms with van der Waals surface area (Å²) in [6.45, 7) is 0.645. The smallest absolute Gasteiger partial charge is 0.107 e. The summed E-state index contributed by atoms with van der Waals surface area (Å²) in [5, 5.41) is 8.88. The maximum atomic E-state index is 8.88. The standard InChI is InChI=1S/C10H13BrN2OS/c1-13(5-6-14)8-4-2-3-7(11)9(8)10(12)15/h2-4,14H,5-6H2,1H3,(H2,12,15). The van der Waals surface area contributed by atoms with E-state index in [1.807, 2.05) is 30.1 Å². The molecule has 0 saturated heterocycles. The van der Waals surface area contributed by atoms with E-state index in [1.54, 1.807) is 0 Å². The van der Waals surface area contributed by atoms with Gasteiger partial charge in [-0.1, -0.05) is 18.3 Å². The fraction of sp³-hybridized carbons (Fsp3) is 0.300. The van der Waals surface area contributed by atoms with E-state index in [0.29, 0.717) is 11.5 Å². The van der Waals surface area contributed by atoms with E-state index in [2.05, 4.69) is 15.9 Å². The third-order valence-corrected chi connectivity index (χ3v) is 2.95. The van der Waals surface area contributed by atoms with Crippen molar-refractivity contribution in [3.05, 3.63) is 28.2 Å². The average molecular weight is 289 g/mol. The molecule has 3 nitrogen and oxygen atoms in total. The molecule has 0 amide bonds. The highest BCUT2D eigenvalue weighted by atomic mass is 79.9. The molecule has 0 spiro atoms. The van der Waals surface area contributed by atoms with E-state index in [9.17, 15) is 0 Å². The Hall–Kier alpha value is -0.650. The number of likely N-dealkylation sites (N-methyl/N-ethyl adjacent to an activating group) is 1. The minimum absolute atomic E-state index is 0.0970. The molecule has 5 heteroatoms. The number of nitrogens with two attached hydrogens (primary N) is 1. The predicted molar refractivity (Wildman–Crippen MR) is 70.4 cm³/mol. The molecule has 0 bridgehead atoms. The van der Waals surface area contributed by atoms with Gasteiger partial charge >= 0.3 is 0 Å². The Labute approximate surface area is 103 Å². The van der Waals surface area contributed by atoms with Gasteiger partial charge < -0.3 is 15.7 Å². The first kappa shape index (κ1) is 12.4. The molecule has 0 aliphatic heterocycles. The van der Waals surface area contributed by atoms with Gasteiger partial charge in [-0.3, -0.25) is 0 Å². The minimum Gasteiger partial charge on any atom is -0.395 e. The summed E-state index contributed by atoms with van der Waals surface area (Å²) in [6, 6.07) is 5.73. The molecule has 0 unspecified atom stereocenters. The van der Waals surface area contributed by atoms with E-state index in [0.717, 1.165) is 15.7 Å². The lowest BCUT2D eigenvalue weighted by molar-refractivity contribution is 0.304. The summed E-state index contributed by atoms with van der Waals surface area (Å²) in [5.41, 5.74) is 7.39. The lowest BCUT2D eigenvalue weighted by Crippen LogP contribution is -2.25. The van der Waals surface area contributed by atoms with Crippen LogP contribution in [0.15, 0.2) is 22.7 Å². The molecule has 0 heterocycles. The zero-order valence-corrected chi connectivity index (χ0v) is 10.8. The predicted octanol–water partition coefficient (Wildman–Crippen LogP) is 1.51. The van der Waals surface area contributed by atoms with Crippen LogP contribution in [-0.2, 0) is 0 Å². The summed E-state index contributed by atoms with van der Waals surface area (Å²) >= 11 is 8.41. The Morgan fingerprint density at radius 2 is 2.27 bits per heavy atom. The van der Waals surface area contributed by atoms with Crippen LogP contribution < -0.4 is 10.6 Å². The van der Waals surface area contributed by atoms with Crippen molar-refractivity contribution in [3.63, 3.8) is 0 Å². The Kier molecular flexibility index (Phi) is 4.50. The van der Waals surface area contributed by atoms with Crippen molar-refractivity contribution in [2.45, 2.75) is 0 Å². The zero-order chi connectivity index (χ0) is 11.4. The third-order valence-electron chi connectivity index (χ3n) is 2.08. The molecule has 82 valence electrons. The van der Waals surface area contributed by atoms with Gasteiger partial charge in [0.05, 0.1) is 6.61 Å². The van der Waals surface area contributed by atoms with Gasteiger partial charge in [-0.05, 0) is 28.1 Å². The molecule has 0 aliphatic rings. The van der Waals surface area contributed by atoms with E-state index in [4.69, 9.17) is 23.1 Å². The van der Waals surface area contributed by atoms with Crippen LogP contribution in [0, 0.1) is 0 Å². The first-order valence-corrected chi connectivity index (χ1v) is 5.68. The number of halogens is 1. The van der Waals surface area contributed by atoms with Crippen molar-refractivity contribution in [2.24, 2.45) is 5.73 Å². The molecule has 0 aromatic heterocycles. The van der Waals surface area contributed by atoms with Crippen LogP contribution in [-0.4, -0.2) is 30.3 Å². The molecule has 0 radical (unpaired) electrons. The summed E-state index contributed by atoms with van der Waals surface area (Å²) in [7, 11) is 1.89. The van der Waals surface area contributed by atoms with Crippen molar-refractivity contribution >= 4 is 38.8 Å². The van der Waals surface area contributed by atoms with E-state index in [-0.39, 0.29) is 6.61 Å². The first-order valence-electron chi connectivity index (χ1n) is 4.48. The second-order valence-corrected chi connectivity index (χ2v) is 4.44. The third kappa shape index (κ3) is 2.90. The van der Waals surface area contributed by atoms with Crippen LogP contribution in [0.5, 0.6) is 0 Å². The van der Waals surface area contributed by atoms with Crippen LogP contribution in [0.3, 0.4) is 0 Å². The second-order valence-electron chi connectivity index (χ2n) is 3.14. The lowest BCUT2D eigenvalue weighted by atomic mass is 10.1. The quantitative estimate of drug-likeness (QED) is 0.825. The summed E-state index contributed by atoms with van der Waals surface area (Å²) in [4.78, 5) is 2.27. The Bertz CT molecular complexity index is 370. The molecule has 1 aromatic carbocycles. The van der Waals surface area contributed by atoms with E-state index in [1.165, 1.54) is 0 Å². The van der Waals surface area contributed by atoms with Crippen molar-refractivity contribution in [3.8, 4) is 0 Å². The van der Waals surface area contributed by atoms with Crippen LogP contribution in [0.4, 0.5) is 5.69 Å². The molecule has 3 N–H and O–H groups in total. The van der Waals surface area contributed by atoms with Gasteiger partial charge in [0, 0.05) is 29.3 Å². The van der Waals surface area contributed by atoms with Crippen molar-refractivity contribution in [1.82, 2.24) is 0 Å². The fourth-order valence-electron chi connectivity index (χ4n) is 1.35. The normalized spacial score (nSPS) is 10.1. The van der Waals surface area contributed by atoms with Gasteiger partial charge in [-0.25, -0.2) is 0 Å². The van der Waals surface area contributed by atoms with E-state index >= 15 is 0 Å². The van der Waals surface area contributed by atoms with Gasteiger partial charge in [0.15, 0.2) is 0 Å². The Balaban J connectivity index is 3.16. The Morgan fingerprint density at radius 1 is 1.60 bits per heavy atom. The Morgan fingerprint density at radius 3 is 2.80 bits per heavy atom. The van der Waals surface area contributed by atoms with Gasteiger partial charge in [-0.2, -0.15) is 0 Å². The van der Waals surface area contributed by atoms with E-state index < -0.39 is 0 Å². The molecule has 0 aliphatic carbocycles. The van der Waals surface area contributed by atoms with Crippen molar-refractivity contribution in [2.75, 3.05) is 25.1 Å². The maximum absolute atomic E-state index is 8.88. The first-order chi connectivity index (χ1) is 7.07. The summed E-state index contributed by atoms with van der Waals surface area (Å²) in [5.74, 6) is 0. The molecular weight excluding hydrogens is 276 g/mol. The number of thiocarbonyl (C=S) groups is 1. The molecular formula is C10H13BrN2OS. The number of anilines is 1. The second kappa shape index (κ2) is 5.44. The van der Waals surface area contributed by atoms with Crippen LogP contribution in [0.25, 0.3) is 0 Å². The fourth-order valence-corrected chi connectivity index (χ4v) is 2.26. The SMILES string of the molecule is CN(CCO)c1cccc(Br)c1C(N)=S. The maximum Gasteiger partial charge on any atom is 0.107 e. The number of aliphatic hydroxyl groups excluding tert-OH is 1. The minimum atomic E-state index is 0.0970. The zero-order valence-electron chi connectivity index (χ0n) is 8.40. The number of hydrogen-bond donors (Lipinski definition) is 2. The van der Waals surface area contributed by atoms with Gasteiger partial charge in [0.2, 0.25) is 0 Å². The molecule has 0 atom stereocenters. The molecule has 15 heavy (non-hydrogen) atoms. The number of aliphatic hydroxyl groups is 1. The molecule has 1 rings (SSSR count). The largest absolute Gasteiger partial charge is 0.395 e. The summed E-state index contributed by atoms with van der Waals surface area (Å²) in [6.07, 6.45) is 0. The van der Waals surface area contributed by atoms with Crippen LogP contribution in [0.2, 0.25) is 0 Å². The van der Waals surface area contributed by atoms with Crippen LogP contribution in [0.1, 0.15) is 5.56 Å². The van der Waals surface area contributed by atoms with Gasteiger partial charge in [0.25, 0.3) is 0 Å². The number of benzene rings is 1. The average Bonchev–Trinajstić information content (AvgIpc) is 2.17. The topological polar surface area (TPSA) is 49.5 Å². The molecule has 0 fully saturated rings. The highest BCUT2D eigenvalue weighted by Crippen LogP contribution is 2.26. The van der Waals surface area contributed by atoms with Crippen molar-refractivity contribution in [1.29, 1.82) is 0 Å². The molecule has 0 saturated carbocycles. The number of nitrogens with zero attached hydrogens (tertiary/aromatic N) is 1. The van der Waals surface area contributed by atoms with Crippen LogP contribution >= 0.6 is 28.1 Å². The monoisotopic (exact) mass is 288 g/mol. The van der Waals surface area contributed by atoms with Crippen molar-refractivity contribution < 1.29 is 5.11 Å². The lowest BCUT2D eigenvalue weighted by Gasteiger charge is -2.21. The number of rotatable bonds is 4. The van der Waals surface area contributed by atoms with Gasteiger partial charge in [0.1, 0.15) is 4.99 Å². The highest BCUT2D eigenvalue weighted by molar-refractivity contribution is 9.10. The molecule has 1 aromatic rings. The highest BCUT2D eigenvalue weighted by Gasteiger charge is 2.12. The van der Waals surface area contributed by atoms with Gasteiger partial charge in [-0.15, -0.1) is 0 Å². The number of hydrogen-bond acceptors (Lipinski definition) is 3. The summed E-state index contributed by atoms with van der Waals surface area (Å²) < 4.78 is 0.872.